The van der Waals surface area contributed by atoms with Crippen molar-refractivity contribution in [1.29, 1.82) is 0 Å². The van der Waals surface area contributed by atoms with Crippen LogP contribution in [-0.2, 0) is 0 Å². The number of fused-ring (bicyclic) bond motifs is 1. The zero-order valence-corrected chi connectivity index (χ0v) is 16.0. The summed E-state index contributed by atoms with van der Waals surface area (Å²) in [6.45, 7) is 1.46. The Kier molecular flexibility index (Phi) is 5.04. The molecule has 0 saturated heterocycles. The number of rotatable bonds is 4. The van der Waals surface area contributed by atoms with Gasteiger partial charge in [0.1, 0.15) is 6.33 Å². The maximum Gasteiger partial charge on any atom is 0.323 e. The number of aromatic nitrogens is 3. The second-order valence-electron chi connectivity index (χ2n) is 6.58. The predicted octanol–water partition coefficient (Wildman–Crippen LogP) is 3.63. The van der Waals surface area contributed by atoms with Gasteiger partial charge in [-0.1, -0.05) is 12.1 Å². The molecule has 0 radical (unpaired) electrons. The summed E-state index contributed by atoms with van der Waals surface area (Å²) in [6, 6.07) is 14.5. The van der Waals surface area contributed by atoms with E-state index in [2.05, 4.69) is 20.6 Å². The minimum Gasteiger partial charge on any atom is -0.308 e. The van der Waals surface area contributed by atoms with Crippen molar-refractivity contribution < 1.29 is 9.59 Å². The van der Waals surface area contributed by atoms with Crippen LogP contribution in [0.25, 0.3) is 16.6 Å². The molecule has 0 spiro atoms. The Balaban J connectivity index is 1.59. The number of nitrogens with zero attached hydrogens (tertiary/aromatic N) is 3. The quantitative estimate of drug-likeness (QED) is 0.510. The highest BCUT2D eigenvalue weighted by molar-refractivity contribution is 6.02. The van der Waals surface area contributed by atoms with Crippen molar-refractivity contribution in [2.75, 3.05) is 10.6 Å². The van der Waals surface area contributed by atoms with Gasteiger partial charge >= 0.3 is 6.03 Å². The number of hydrogen-bond donors (Lipinski definition) is 2. The summed E-state index contributed by atoms with van der Waals surface area (Å²) in [5, 5.41) is 5.73. The van der Waals surface area contributed by atoms with Gasteiger partial charge in [0, 0.05) is 23.1 Å². The fourth-order valence-corrected chi connectivity index (χ4v) is 2.99. The molecule has 30 heavy (non-hydrogen) atoms. The first kappa shape index (κ1) is 19.0. The molecule has 2 aromatic carbocycles. The lowest BCUT2D eigenvalue weighted by Gasteiger charge is -2.10. The van der Waals surface area contributed by atoms with E-state index in [9.17, 15) is 14.4 Å². The third-order valence-electron chi connectivity index (χ3n) is 4.47. The molecule has 2 amide bonds. The summed E-state index contributed by atoms with van der Waals surface area (Å²) in [6.07, 6.45) is 4.64. The Morgan fingerprint density at radius 3 is 2.50 bits per heavy atom. The third-order valence-corrected chi connectivity index (χ3v) is 4.47. The summed E-state index contributed by atoms with van der Waals surface area (Å²) in [7, 11) is 0. The van der Waals surface area contributed by atoms with Crippen LogP contribution < -0.4 is 16.2 Å². The average molecular weight is 399 g/mol. The Morgan fingerprint density at radius 1 is 0.967 bits per heavy atom. The van der Waals surface area contributed by atoms with Gasteiger partial charge in [0.2, 0.25) is 0 Å². The summed E-state index contributed by atoms with van der Waals surface area (Å²) < 4.78 is 1.40. The lowest BCUT2D eigenvalue weighted by molar-refractivity contribution is 0.101. The topological polar surface area (TPSA) is 106 Å². The van der Waals surface area contributed by atoms with E-state index in [0.29, 0.717) is 33.5 Å². The molecule has 148 valence electrons. The van der Waals surface area contributed by atoms with E-state index in [1.54, 1.807) is 67.0 Å². The summed E-state index contributed by atoms with van der Waals surface area (Å²) >= 11 is 0. The van der Waals surface area contributed by atoms with Crippen LogP contribution >= 0.6 is 0 Å². The van der Waals surface area contributed by atoms with E-state index in [1.807, 2.05) is 0 Å². The molecular formula is C22H17N5O3. The van der Waals surface area contributed by atoms with E-state index in [1.165, 1.54) is 17.8 Å². The SMILES string of the molecule is CC(=O)c1cccc(NC(=O)Nc2ccc3ncn(-c4cccnc4)c(=O)c3c2)c1. The van der Waals surface area contributed by atoms with Crippen LogP contribution in [0.1, 0.15) is 17.3 Å². The minimum absolute atomic E-state index is 0.0917. The van der Waals surface area contributed by atoms with Gasteiger partial charge in [-0.3, -0.25) is 19.1 Å². The van der Waals surface area contributed by atoms with E-state index in [0.717, 1.165) is 0 Å². The fraction of sp³-hybridized carbons (Fsp3) is 0.0455. The van der Waals surface area contributed by atoms with Crippen LogP contribution in [0.5, 0.6) is 0 Å². The van der Waals surface area contributed by atoms with Crippen LogP contribution in [0.3, 0.4) is 0 Å². The van der Waals surface area contributed by atoms with Crippen molar-refractivity contribution in [3.05, 3.63) is 89.2 Å². The molecule has 2 heterocycles. The number of Topliss-reactive ketones (excluding diaryl/α,β-unsaturated/α-hetero) is 1. The largest absolute Gasteiger partial charge is 0.323 e. The zero-order chi connectivity index (χ0) is 21.1. The lowest BCUT2D eigenvalue weighted by atomic mass is 10.1. The van der Waals surface area contributed by atoms with Crippen molar-refractivity contribution in [2.45, 2.75) is 6.92 Å². The summed E-state index contributed by atoms with van der Waals surface area (Å²) in [5.74, 6) is -0.0917. The van der Waals surface area contributed by atoms with Crippen molar-refractivity contribution in [1.82, 2.24) is 14.5 Å². The summed E-state index contributed by atoms with van der Waals surface area (Å²) in [4.78, 5) is 45.1. The molecule has 8 nitrogen and oxygen atoms in total. The molecule has 0 saturated carbocycles. The number of carbonyl (C=O) groups excluding carboxylic acids is 2. The van der Waals surface area contributed by atoms with Gasteiger partial charge in [0.15, 0.2) is 5.78 Å². The molecule has 0 aliphatic heterocycles. The van der Waals surface area contributed by atoms with Crippen LogP contribution in [0.2, 0.25) is 0 Å². The Morgan fingerprint density at radius 2 is 1.77 bits per heavy atom. The normalized spacial score (nSPS) is 10.6. The number of nitrogens with one attached hydrogen (secondary N) is 2. The van der Waals surface area contributed by atoms with Crippen molar-refractivity contribution in [3.63, 3.8) is 0 Å². The number of anilines is 2. The second-order valence-corrected chi connectivity index (χ2v) is 6.58. The standard InChI is InChI=1S/C22H17N5O3/c1-14(28)15-4-2-5-16(10-15)25-22(30)26-17-7-8-20-19(11-17)21(29)27(13-24-20)18-6-3-9-23-12-18/h2-13H,1H3,(H2,25,26,30). The van der Waals surface area contributed by atoms with E-state index in [-0.39, 0.29) is 11.3 Å². The minimum atomic E-state index is -0.494. The highest BCUT2D eigenvalue weighted by Crippen LogP contribution is 2.17. The molecule has 4 aromatic rings. The second kappa shape index (κ2) is 7.96. The fourth-order valence-electron chi connectivity index (χ4n) is 2.99. The van der Waals surface area contributed by atoms with Crippen LogP contribution in [0.4, 0.5) is 16.2 Å². The predicted molar refractivity (Wildman–Crippen MR) is 114 cm³/mol. The molecule has 0 aliphatic rings. The van der Waals surface area contributed by atoms with Gasteiger partial charge < -0.3 is 10.6 Å². The first-order valence-corrected chi connectivity index (χ1v) is 9.12. The van der Waals surface area contributed by atoms with Crippen LogP contribution in [0.15, 0.2) is 78.1 Å². The third kappa shape index (κ3) is 3.93. The van der Waals surface area contributed by atoms with E-state index >= 15 is 0 Å². The molecule has 0 bridgehead atoms. The first-order valence-electron chi connectivity index (χ1n) is 9.12. The molecule has 2 aromatic heterocycles. The maximum absolute atomic E-state index is 12.9. The number of benzene rings is 2. The number of pyridine rings is 1. The van der Waals surface area contributed by atoms with Gasteiger partial charge in [-0.15, -0.1) is 0 Å². The maximum atomic E-state index is 12.9. The molecular weight excluding hydrogens is 382 g/mol. The van der Waals surface area contributed by atoms with E-state index in [4.69, 9.17) is 0 Å². The molecule has 8 heteroatoms. The van der Waals surface area contributed by atoms with Crippen LogP contribution in [-0.4, -0.2) is 26.3 Å². The Hall–Kier alpha value is -4.33. The number of urea groups is 1. The highest BCUT2D eigenvalue weighted by atomic mass is 16.2. The molecule has 4 rings (SSSR count). The van der Waals surface area contributed by atoms with Gasteiger partial charge in [0.05, 0.1) is 22.8 Å². The molecule has 0 atom stereocenters. The molecule has 0 unspecified atom stereocenters. The monoisotopic (exact) mass is 399 g/mol. The lowest BCUT2D eigenvalue weighted by Crippen LogP contribution is -2.21. The van der Waals surface area contributed by atoms with Crippen molar-refractivity contribution >= 4 is 34.1 Å². The number of hydrogen-bond acceptors (Lipinski definition) is 5. The molecule has 0 fully saturated rings. The van der Waals surface area contributed by atoms with Crippen molar-refractivity contribution in [2.24, 2.45) is 0 Å². The van der Waals surface area contributed by atoms with Gasteiger partial charge in [-0.05, 0) is 49.4 Å². The Labute approximate surface area is 171 Å². The zero-order valence-electron chi connectivity index (χ0n) is 16.0. The smallest absolute Gasteiger partial charge is 0.308 e. The van der Waals surface area contributed by atoms with Gasteiger partial charge in [-0.2, -0.15) is 0 Å². The summed E-state index contributed by atoms with van der Waals surface area (Å²) in [5.41, 5.74) is 2.26. The van der Waals surface area contributed by atoms with Crippen molar-refractivity contribution in [3.8, 4) is 5.69 Å². The number of ketones is 1. The van der Waals surface area contributed by atoms with Gasteiger partial charge in [-0.25, -0.2) is 9.78 Å². The Bertz CT molecular complexity index is 1320. The number of amides is 2. The van der Waals surface area contributed by atoms with Gasteiger partial charge in [0.25, 0.3) is 5.56 Å². The highest BCUT2D eigenvalue weighted by Gasteiger charge is 2.09. The van der Waals surface area contributed by atoms with E-state index < -0.39 is 6.03 Å². The average Bonchev–Trinajstić information content (AvgIpc) is 2.75. The number of carbonyl (C=O) groups is 2. The molecule has 0 aliphatic carbocycles. The van der Waals surface area contributed by atoms with Crippen LogP contribution in [0, 0.1) is 0 Å². The molecule has 2 N–H and O–H groups in total. The first-order chi connectivity index (χ1) is 14.5.